The lowest BCUT2D eigenvalue weighted by Crippen LogP contribution is -2.45. The third-order valence-electron chi connectivity index (χ3n) is 3.79. The number of fused-ring (bicyclic) bond motifs is 2. The quantitative estimate of drug-likeness (QED) is 0.531. The highest BCUT2D eigenvalue weighted by Gasteiger charge is 2.60. The van der Waals surface area contributed by atoms with E-state index in [9.17, 15) is 15.0 Å². The summed E-state index contributed by atoms with van der Waals surface area (Å²) in [5, 5.41) is 28.0. The molecule has 2 rings (SSSR count). The van der Waals surface area contributed by atoms with Crippen LogP contribution in [0.5, 0.6) is 0 Å². The van der Waals surface area contributed by atoms with E-state index in [1.54, 1.807) is 6.92 Å². The number of carboxylic acids is 1. The van der Waals surface area contributed by atoms with Gasteiger partial charge >= 0.3 is 5.97 Å². The van der Waals surface area contributed by atoms with E-state index in [-0.39, 0.29) is 11.8 Å². The monoisotopic (exact) mass is 186 g/mol. The highest BCUT2D eigenvalue weighted by atomic mass is 16.4. The summed E-state index contributed by atoms with van der Waals surface area (Å²) >= 11 is 0. The Morgan fingerprint density at radius 3 is 2.38 bits per heavy atom. The van der Waals surface area contributed by atoms with Gasteiger partial charge in [0.2, 0.25) is 0 Å². The molecule has 2 fully saturated rings. The number of carbonyl (C=O) groups is 1. The molecule has 0 aromatic heterocycles. The van der Waals surface area contributed by atoms with E-state index in [2.05, 4.69) is 0 Å². The van der Waals surface area contributed by atoms with Gasteiger partial charge in [-0.2, -0.15) is 0 Å². The predicted octanol–water partition coefficient (Wildman–Crippen LogP) is -0.161. The molecule has 2 aliphatic carbocycles. The van der Waals surface area contributed by atoms with Gasteiger partial charge in [0.25, 0.3) is 0 Å². The van der Waals surface area contributed by atoms with E-state index in [1.807, 2.05) is 0 Å². The number of hydrogen-bond donors (Lipinski definition) is 3. The van der Waals surface area contributed by atoms with Crippen LogP contribution in [0.25, 0.3) is 0 Å². The van der Waals surface area contributed by atoms with Crippen LogP contribution in [0.4, 0.5) is 0 Å². The lowest BCUT2D eigenvalue weighted by atomic mass is 9.72. The first-order chi connectivity index (χ1) is 5.97. The molecule has 5 atom stereocenters. The molecule has 2 aliphatic rings. The fourth-order valence-corrected chi connectivity index (χ4v) is 2.90. The summed E-state index contributed by atoms with van der Waals surface area (Å²) in [5.41, 5.74) is -0.830. The van der Waals surface area contributed by atoms with Gasteiger partial charge in [0.05, 0.1) is 17.6 Å². The first-order valence-corrected chi connectivity index (χ1v) is 4.56. The van der Waals surface area contributed by atoms with Crippen LogP contribution in [0.3, 0.4) is 0 Å². The van der Waals surface area contributed by atoms with Crippen molar-refractivity contribution in [3.8, 4) is 0 Å². The van der Waals surface area contributed by atoms with Gasteiger partial charge in [-0.15, -0.1) is 0 Å². The SMILES string of the molecule is CC1(C(=O)O)CC2CC1C(O)C2O. The molecule has 2 saturated carbocycles. The second-order valence-corrected chi connectivity index (χ2v) is 4.51. The molecule has 13 heavy (non-hydrogen) atoms. The Hall–Kier alpha value is -0.610. The van der Waals surface area contributed by atoms with Crippen LogP contribution in [0, 0.1) is 17.3 Å². The molecule has 0 aromatic rings. The molecule has 0 amide bonds. The molecule has 74 valence electrons. The summed E-state index contributed by atoms with van der Waals surface area (Å²) in [4.78, 5) is 11.0. The van der Waals surface area contributed by atoms with E-state index >= 15 is 0 Å². The first-order valence-electron chi connectivity index (χ1n) is 4.56. The molecule has 3 N–H and O–H groups in total. The minimum atomic E-state index is -0.856. The summed E-state index contributed by atoms with van der Waals surface area (Å²) in [7, 11) is 0. The van der Waals surface area contributed by atoms with Crippen LogP contribution in [0.15, 0.2) is 0 Å². The molecular formula is C9H14O4. The molecule has 4 heteroatoms. The Morgan fingerprint density at radius 2 is 2.00 bits per heavy atom. The van der Waals surface area contributed by atoms with Crippen molar-refractivity contribution >= 4 is 5.97 Å². The predicted molar refractivity (Wildman–Crippen MR) is 44.0 cm³/mol. The van der Waals surface area contributed by atoms with Crippen molar-refractivity contribution in [3.05, 3.63) is 0 Å². The summed E-state index contributed by atoms with van der Waals surface area (Å²) in [6, 6.07) is 0. The summed E-state index contributed by atoms with van der Waals surface area (Å²) in [5.74, 6) is -1.16. The van der Waals surface area contributed by atoms with Crippen molar-refractivity contribution in [2.45, 2.75) is 32.0 Å². The Morgan fingerprint density at radius 1 is 1.38 bits per heavy atom. The number of aliphatic hydroxyl groups is 2. The van der Waals surface area contributed by atoms with E-state index in [1.165, 1.54) is 0 Å². The maximum absolute atomic E-state index is 11.0. The Bertz CT molecular complexity index is 250. The fourth-order valence-electron chi connectivity index (χ4n) is 2.90. The zero-order chi connectivity index (χ0) is 9.80. The number of aliphatic carboxylic acids is 1. The Balaban J connectivity index is 2.27. The normalized spacial score (nSPS) is 54.1. The van der Waals surface area contributed by atoms with Gasteiger partial charge in [-0.05, 0) is 25.7 Å². The van der Waals surface area contributed by atoms with Gasteiger partial charge in [-0.3, -0.25) is 4.79 Å². The van der Waals surface area contributed by atoms with Crippen LogP contribution in [-0.4, -0.2) is 33.5 Å². The molecule has 4 nitrogen and oxygen atoms in total. The smallest absolute Gasteiger partial charge is 0.309 e. The zero-order valence-electron chi connectivity index (χ0n) is 7.47. The fraction of sp³-hybridized carbons (Fsp3) is 0.889. The average molecular weight is 186 g/mol. The molecule has 0 spiro atoms. The lowest BCUT2D eigenvalue weighted by molar-refractivity contribution is -0.158. The molecule has 2 bridgehead atoms. The molecule has 0 heterocycles. The van der Waals surface area contributed by atoms with Gasteiger partial charge in [-0.1, -0.05) is 0 Å². The standard InChI is InChI=1S/C9H14O4/c1-9(8(12)13)3-4-2-5(9)7(11)6(4)10/h4-7,10-11H,2-3H2,1H3,(H,12,13). The summed E-state index contributed by atoms with van der Waals surface area (Å²) < 4.78 is 0. The minimum absolute atomic E-state index is 0.0268. The maximum Gasteiger partial charge on any atom is 0.309 e. The largest absolute Gasteiger partial charge is 0.481 e. The molecule has 5 unspecified atom stereocenters. The van der Waals surface area contributed by atoms with Gasteiger partial charge in [0.15, 0.2) is 0 Å². The van der Waals surface area contributed by atoms with E-state index < -0.39 is 23.6 Å². The van der Waals surface area contributed by atoms with E-state index in [0.717, 1.165) is 0 Å². The van der Waals surface area contributed by atoms with Crippen molar-refractivity contribution in [2.75, 3.05) is 0 Å². The second kappa shape index (κ2) is 2.45. The van der Waals surface area contributed by atoms with Crippen molar-refractivity contribution in [1.29, 1.82) is 0 Å². The van der Waals surface area contributed by atoms with E-state index in [0.29, 0.717) is 12.8 Å². The summed E-state index contributed by atoms with van der Waals surface area (Å²) in [6.07, 6.45) is -0.423. The van der Waals surface area contributed by atoms with Crippen molar-refractivity contribution in [1.82, 2.24) is 0 Å². The molecule has 0 aromatic carbocycles. The minimum Gasteiger partial charge on any atom is -0.481 e. The molecule has 0 saturated heterocycles. The van der Waals surface area contributed by atoms with Crippen LogP contribution >= 0.6 is 0 Å². The number of hydrogen-bond acceptors (Lipinski definition) is 3. The topological polar surface area (TPSA) is 77.8 Å². The summed E-state index contributed by atoms with van der Waals surface area (Å²) in [6.45, 7) is 1.66. The van der Waals surface area contributed by atoms with Crippen LogP contribution in [-0.2, 0) is 4.79 Å². The average Bonchev–Trinajstić information content (AvgIpc) is 2.52. The Kier molecular flexibility index (Phi) is 1.69. The van der Waals surface area contributed by atoms with E-state index in [4.69, 9.17) is 5.11 Å². The van der Waals surface area contributed by atoms with Gasteiger partial charge in [-0.25, -0.2) is 0 Å². The number of carboxylic acid groups (broad SMARTS) is 1. The second-order valence-electron chi connectivity index (χ2n) is 4.51. The number of rotatable bonds is 1. The highest BCUT2D eigenvalue weighted by molar-refractivity contribution is 5.75. The first kappa shape index (κ1) is 8.97. The third kappa shape index (κ3) is 0.957. The van der Waals surface area contributed by atoms with Crippen molar-refractivity contribution in [3.63, 3.8) is 0 Å². The van der Waals surface area contributed by atoms with Crippen molar-refractivity contribution < 1.29 is 20.1 Å². The van der Waals surface area contributed by atoms with Crippen LogP contribution < -0.4 is 0 Å². The van der Waals surface area contributed by atoms with Crippen molar-refractivity contribution in [2.24, 2.45) is 17.3 Å². The Labute approximate surface area is 76.2 Å². The van der Waals surface area contributed by atoms with Crippen LogP contribution in [0.1, 0.15) is 19.8 Å². The number of aliphatic hydroxyl groups excluding tert-OH is 2. The molecule has 0 radical (unpaired) electrons. The molecular weight excluding hydrogens is 172 g/mol. The van der Waals surface area contributed by atoms with Gasteiger partial charge in [0, 0.05) is 5.92 Å². The van der Waals surface area contributed by atoms with Gasteiger partial charge in [0.1, 0.15) is 0 Å². The molecule has 0 aliphatic heterocycles. The lowest BCUT2D eigenvalue weighted by Gasteiger charge is -2.35. The maximum atomic E-state index is 11.0. The highest BCUT2D eigenvalue weighted by Crippen LogP contribution is 2.55. The third-order valence-corrected chi connectivity index (χ3v) is 3.79. The zero-order valence-corrected chi connectivity index (χ0v) is 7.47. The van der Waals surface area contributed by atoms with Crippen LogP contribution in [0.2, 0.25) is 0 Å². The van der Waals surface area contributed by atoms with Gasteiger partial charge < -0.3 is 15.3 Å².